The molecular weight excluding hydrogens is 377 g/mol. The van der Waals surface area contributed by atoms with Gasteiger partial charge in [-0.25, -0.2) is 9.18 Å². The second-order valence-corrected chi connectivity index (χ2v) is 6.60. The van der Waals surface area contributed by atoms with Gasteiger partial charge in [0.1, 0.15) is 5.82 Å². The third kappa shape index (κ3) is 3.89. The van der Waals surface area contributed by atoms with E-state index in [-0.39, 0.29) is 11.5 Å². The maximum absolute atomic E-state index is 14.7. The fourth-order valence-electron chi connectivity index (χ4n) is 3.54. The van der Waals surface area contributed by atoms with Crippen molar-refractivity contribution < 1.29 is 28.2 Å². The van der Waals surface area contributed by atoms with Crippen molar-refractivity contribution in [2.75, 3.05) is 19.1 Å². The Balaban J connectivity index is 2.21. The van der Waals surface area contributed by atoms with E-state index in [0.717, 1.165) is 14.0 Å². The second-order valence-electron chi connectivity index (χ2n) is 6.60. The Morgan fingerprint density at radius 2 is 1.79 bits per heavy atom. The number of carbonyl (C=O) groups is 3. The van der Waals surface area contributed by atoms with Crippen LogP contribution in [0, 0.1) is 5.82 Å². The largest absolute Gasteiger partial charge is 0.463 e. The number of halogens is 1. The summed E-state index contributed by atoms with van der Waals surface area (Å²) in [5.74, 6) is -4.53. The Kier molecular flexibility index (Phi) is 5.77. The lowest BCUT2D eigenvalue weighted by Crippen LogP contribution is -2.27. The van der Waals surface area contributed by atoms with Crippen LogP contribution in [-0.2, 0) is 23.9 Å². The standard InChI is InChI=1S/C22H20FNO5/c1-13(25)29-19(22(27)28-3)12-16(14-8-4-6-10-17(14)23)20-15-9-5-7-11-18(15)24(2)21(20)26/h4-12,16,20H,1-3H3/b19-12-/t16-,20+/m0/s1. The van der Waals surface area contributed by atoms with Gasteiger partial charge in [-0.15, -0.1) is 0 Å². The molecule has 1 aliphatic rings. The molecule has 3 rings (SSSR count). The summed E-state index contributed by atoms with van der Waals surface area (Å²) >= 11 is 0. The SMILES string of the molecule is COC(=O)/C(=C/[C@@H](c1ccccc1F)[C@@H]1C(=O)N(C)c2ccccc21)OC(C)=O. The van der Waals surface area contributed by atoms with Crippen molar-refractivity contribution in [2.45, 2.75) is 18.8 Å². The molecule has 2 aromatic carbocycles. The fourth-order valence-corrected chi connectivity index (χ4v) is 3.54. The molecule has 0 bridgehead atoms. The molecule has 2 aromatic rings. The number of benzene rings is 2. The van der Waals surface area contributed by atoms with Crippen molar-refractivity contribution in [2.24, 2.45) is 0 Å². The average molecular weight is 397 g/mol. The molecule has 0 N–H and O–H groups in total. The Hall–Kier alpha value is -3.48. The van der Waals surface area contributed by atoms with Gasteiger partial charge in [-0.3, -0.25) is 9.59 Å². The highest BCUT2D eigenvalue weighted by Crippen LogP contribution is 2.45. The molecule has 0 aliphatic carbocycles. The van der Waals surface area contributed by atoms with E-state index in [1.54, 1.807) is 37.4 Å². The van der Waals surface area contributed by atoms with Gasteiger partial charge < -0.3 is 14.4 Å². The van der Waals surface area contributed by atoms with Gasteiger partial charge in [0, 0.05) is 25.6 Å². The normalized spacial score (nSPS) is 17.0. The van der Waals surface area contributed by atoms with Crippen molar-refractivity contribution in [3.63, 3.8) is 0 Å². The zero-order valence-corrected chi connectivity index (χ0v) is 16.2. The van der Waals surface area contributed by atoms with Gasteiger partial charge in [0.2, 0.25) is 11.7 Å². The molecule has 150 valence electrons. The number of rotatable bonds is 5. The molecular formula is C22H20FNO5. The van der Waals surface area contributed by atoms with Crippen LogP contribution < -0.4 is 4.90 Å². The number of ether oxygens (including phenoxy) is 2. The molecule has 0 unspecified atom stereocenters. The molecule has 1 aliphatic heterocycles. The summed E-state index contributed by atoms with van der Waals surface area (Å²) < 4.78 is 24.4. The zero-order chi connectivity index (χ0) is 21.1. The Morgan fingerprint density at radius 1 is 1.14 bits per heavy atom. The van der Waals surface area contributed by atoms with E-state index in [1.165, 1.54) is 29.2 Å². The van der Waals surface area contributed by atoms with Gasteiger partial charge in [-0.1, -0.05) is 36.4 Å². The van der Waals surface area contributed by atoms with Gasteiger partial charge in [-0.05, 0) is 29.3 Å². The van der Waals surface area contributed by atoms with Crippen molar-refractivity contribution in [1.82, 2.24) is 0 Å². The number of fused-ring (bicyclic) bond motifs is 1. The van der Waals surface area contributed by atoms with Crippen LogP contribution in [0.5, 0.6) is 0 Å². The molecule has 2 atom stereocenters. The summed E-state index contributed by atoms with van der Waals surface area (Å²) in [6.07, 6.45) is 1.28. The smallest absolute Gasteiger partial charge is 0.373 e. The molecule has 1 amide bonds. The van der Waals surface area contributed by atoms with Crippen LogP contribution in [0.3, 0.4) is 0 Å². The first-order valence-electron chi connectivity index (χ1n) is 8.94. The van der Waals surface area contributed by atoms with Gasteiger partial charge in [0.15, 0.2) is 0 Å². The number of para-hydroxylation sites is 1. The predicted molar refractivity (Wildman–Crippen MR) is 104 cm³/mol. The number of hydrogen-bond donors (Lipinski definition) is 0. The molecule has 0 fully saturated rings. The van der Waals surface area contributed by atoms with Gasteiger partial charge in [0.05, 0.1) is 13.0 Å². The topological polar surface area (TPSA) is 72.9 Å². The van der Waals surface area contributed by atoms with Crippen LogP contribution in [0.15, 0.2) is 60.4 Å². The van der Waals surface area contributed by atoms with Gasteiger partial charge in [0.25, 0.3) is 0 Å². The predicted octanol–water partition coefficient (Wildman–Crippen LogP) is 3.29. The number of hydrogen-bond acceptors (Lipinski definition) is 5. The fraction of sp³-hybridized carbons (Fsp3) is 0.227. The lowest BCUT2D eigenvalue weighted by molar-refractivity contribution is -0.148. The van der Waals surface area contributed by atoms with Crippen LogP contribution in [0.2, 0.25) is 0 Å². The first-order valence-corrected chi connectivity index (χ1v) is 8.94. The highest BCUT2D eigenvalue weighted by Gasteiger charge is 2.41. The first-order chi connectivity index (χ1) is 13.8. The Labute approximate surface area is 167 Å². The summed E-state index contributed by atoms with van der Waals surface area (Å²) in [5, 5.41) is 0. The monoisotopic (exact) mass is 397 g/mol. The average Bonchev–Trinajstić information content (AvgIpc) is 2.96. The number of amides is 1. The van der Waals surface area contributed by atoms with Gasteiger partial charge in [-0.2, -0.15) is 0 Å². The highest BCUT2D eigenvalue weighted by molar-refractivity contribution is 6.05. The van der Waals surface area contributed by atoms with Crippen LogP contribution in [0.25, 0.3) is 0 Å². The van der Waals surface area contributed by atoms with E-state index in [4.69, 9.17) is 4.74 Å². The van der Waals surface area contributed by atoms with E-state index in [1.807, 2.05) is 0 Å². The molecule has 0 radical (unpaired) electrons. The third-order valence-electron chi connectivity index (χ3n) is 4.82. The van der Waals surface area contributed by atoms with E-state index in [9.17, 15) is 18.8 Å². The number of carbonyl (C=O) groups excluding carboxylic acids is 3. The van der Waals surface area contributed by atoms with E-state index in [0.29, 0.717) is 11.3 Å². The highest BCUT2D eigenvalue weighted by atomic mass is 19.1. The van der Waals surface area contributed by atoms with Crippen LogP contribution in [0.4, 0.5) is 10.1 Å². The van der Waals surface area contributed by atoms with Crippen molar-refractivity contribution >= 4 is 23.5 Å². The van der Waals surface area contributed by atoms with Crippen molar-refractivity contribution in [3.8, 4) is 0 Å². The number of esters is 2. The second kappa shape index (κ2) is 8.26. The number of likely N-dealkylation sites (N-methyl/N-ethyl adjacent to an activating group) is 1. The van der Waals surface area contributed by atoms with Crippen molar-refractivity contribution in [1.29, 1.82) is 0 Å². The summed E-state index contributed by atoms with van der Waals surface area (Å²) in [7, 11) is 2.78. The summed E-state index contributed by atoms with van der Waals surface area (Å²) in [4.78, 5) is 38.2. The Morgan fingerprint density at radius 3 is 2.45 bits per heavy atom. The number of nitrogens with zero attached hydrogens (tertiary/aromatic N) is 1. The zero-order valence-electron chi connectivity index (χ0n) is 16.2. The minimum atomic E-state index is -0.900. The van der Waals surface area contributed by atoms with Crippen molar-refractivity contribution in [3.05, 3.63) is 77.3 Å². The minimum absolute atomic E-state index is 0.199. The molecule has 0 saturated carbocycles. The lowest BCUT2D eigenvalue weighted by atomic mass is 9.81. The molecule has 7 heteroatoms. The van der Waals surface area contributed by atoms with Crippen LogP contribution in [0.1, 0.15) is 29.9 Å². The number of allylic oxidation sites excluding steroid dienone is 1. The summed E-state index contributed by atoms with van der Waals surface area (Å²) in [5.41, 5.74) is 1.59. The van der Waals surface area contributed by atoms with Crippen LogP contribution in [-0.4, -0.2) is 32.0 Å². The minimum Gasteiger partial charge on any atom is -0.463 e. The molecule has 0 spiro atoms. The van der Waals surface area contributed by atoms with E-state index >= 15 is 0 Å². The molecule has 6 nitrogen and oxygen atoms in total. The first kappa shape index (κ1) is 20.3. The molecule has 0 aromatic heterocycles. The molecule has 0 saturated heterocycles. The summed E-state index contributed by atoms with van der Waals surface area (Å²) in [6, 6.07) is 13.1. The quantitative estimate of drug-likeness (QED) is 0.440. The number of anilines is 1. The molecule has 1 heterocycles. The van der Waals surface area contributed by atoms with Gasteiger partial charge >= 0.3 is 11.9 Å². The maximum Gasteiger partial charge on any atom is 0.373 e. The van der Waals surface area contributed by atoms with Crippen LogP contribution >= 0.6 is 0 Å². The summed E-state index contributed by atoms with van der Waals surface area (Å²) in [6.45, 7) is 1.14. The maximum atomic E-state index is 14.7. The number of methoxy groups -OCH3 is 1. The van der Waals surface area contributed by atoms with E-state index < -0.39 is 35.4 Å². The Bertz CT molecular complexity index is 1000. The molecule has 29 heavy (non-hydrogen) atoms. The lowest BCUT2D eigenvalue weighted by Gasteiger charge is -2.22. The van der Waals surface area contributed by atoms with E-state index in [2.05, 4.69) is 4.74 Å². The third-order valence-corrected chi connectivity index (χ3v) is 4.82.